The smallest absolute Gasteiger partial charge is 0.339 e. The van der Waals surface area contributed by atoms with E-state index in [1.807, 2.05) is 18.2 Å². The van der Waals surface area contributed by atoms with Gasteiger partial charge in [0.2, 0.25) is 0 Å². The summed E-state index contributed by atoms with van der Waals surface area (Å²) in [6.07, 6.45) is 7.05. The second kappa shape index (κ2) is 11.3. The average molecular weight is 547 g/mol. The molecule has 0 aliphatic heterocycles. The van der Waals surface area contributed by atoms with E-state index >= 15 is 0 Å². The second-order valence-corrected chi connectivity index (χ2v) is 9.94. The molecule has 12 heteroatoms. The summed E-state index contributed by atoms with van der Waals surface area (Å²) in [7, 11) is 1.70. The fourth-order valence-electron chi connectivity index (χ4n) is 5.08. The minimum absolute atomic E-state index is 0.0333. The number of anilines is 1. The maximum atomic E-state index is 12.9. The maximum absolute atomic E-state index is 12.9. The van der Waals surface area contributed by atoms with Crippen molar-refractivity contribution in [1.29, 1.82) is 0 Å². The summed E-state index contributed by atoms with van der Waals surface area (Å²) in [6.45, 7) is 1.53. The first kappa shape index (κ1) is 27.0. The molecule has 1 fully saturated rings. The predicted molar refractivity (Wildman–Crippen MR) is 146 cm³/mol. The maximum Gasteiger partial charge on any atom is 0.339 e. The number of ketones is 2. The molecule has 3 heterocycles. The zero-order valence-electron chi connectivity index (χ0n) is 22.1. The van der Waals surface area contributed by atoms with E-state index in [4.69, 9.17) is 10.5 Å². The summed E-state index contributed by atoms with van der Waals surface area (Å²) in [5.74, 6) is -1.44. The number of ether oxygens (including phenoxy) is 1. The van der Waals surface area contributed by atoms with Gasteiger partial charge in [0.15, 0.2) is 5.78 Å². The van der Waals surface area contributed by atoms with Gasteiger partial charge in [-0.2, -0.15) is 5.10 Å². The molecular weight excluding hydrogens is 516 g/mol. The highest BCUT2D eigenvalue weighted by Gasteiger charge is 2.31. The van der Waals surface area contributed by atoms with Crippen LogP contribution in [0.15, 0.2) is 47.7 Å². The number of carbonyl (C=O) groups is 3. The third-order valence-corrected chi connectivity index (χ3v) is 7.24. The number of rotatable bonds is 10. The summed E-state index contributed by atoms with van der Waals surface area (Å²) in [6, 6.07) is 6.69. The number of hydrogen-bond acceptors (Lipinski definition) is 8. The van der Waals surface area contributed by atoms with Crippen LogP contribution in [0.2, 0.25) is 0 Å². The lowest BCUT2D eigenvalue weighted by Crippen LogP contribution is -2.34. The molecule has 3 aromatic heterocycles. The van der Waals surface area contributed by atoms with Crippen LogP contribution in [0.4, 0.5) is 5.82 Å². The third kappa shape index (κ3) is 5.43. The first-order chi connectivity index (χ1) is 19.2. The Balaban J connectivity index is 1.13. The van der Waals surface area contributed by atoms with Crippen molar-refractivity contribution in [2.45, 2.75) is 44.7 Å². The number of hydrogen-bond donors (Lipinski definition) is 2. The lowest BCUT2D eigenvalue weighted by atomic mass is 9.92. The monoisotopic (exact) mass is 546 g/mol. The SMILES string of the molecule is Cn1c(=O)n(C2CCC(=O)CC2=O)c2ccc(CCCOCCn3cc(-c4cnc(N)c(C(=O)O)c4)cn3)cc21. The van der Waals surface area contributed by atoms with E-state index in [0.717, 1.165) is 29.5 Å². The first-order valence-corrected chi connectivity index (χ1v) is 13.1. The molecule has 1 aliphatic rings. The van der Waals surface area contributed by atoms with Gasteiger partial charge in [0.1, 0.15) is 17.2 Å². The molecule has 208 valence electrons. The topological polar surface area (TPSA) is 164 Å². The number of aromatic nitrogens is 5. The van der Waals surface area contributed by atoms with E-state index in [1.54, 1.807) is 28.7 Å². The largest absolute Gasteiger partial charge is 0.478 e. The van der Waals surface area contributed by atoms with Gasteiger partial charge in [-0.25, -0.2) is 14.6 Å². The van der Waals surface area contributed by atoms with Crippen molar-refractivity contribution in [2.75, 3.05) is 18.9 Å². The van der Waals surface area contributed by atoms with Crippen LogP contribution in [0, 0.1) is 0 Å². The number of nitrogens with two attached hydrogens (primary N) is 1. The van der Waals surface area contributed by atoms with Crippen LogP contribution in [-0.2, 0) is 34.3 Å². The average Bonchev–Trinajstić information content (AvgIpc) is 3.49. The quantitative estimate of drug-likeness (QED) is 0.224. The summed E-state index contributed by atoms with van der Waals surface area (Å²) in [5, 5.41) is 13.6. The van der Waals surface area contributed by atoms with Crippen molar-refractivity contribution in [3.05, 3.63) is 64.5 Å². The van der Waals surface area contributed by atoms with Crippen LogP contribution in [-0.4, -0.2) is 59.8 Å². The summed E-state index contributed by atoms with van der Waals surface area (Å²) in [4.78, 5) is 52.3. The third-order valence-electron chi connectivity index (χ3n) is 7.24. The number of fused-ring (bicyclic) bond motifs is 1. The van der Waals surface area contributed by atoms with Gasteiger partial charge in [-0.15, -0.1) is 0 Å². The Bertz CT molecular complexity index is 1670. The Morgan fingerprint density at radius 3 is 2.73 bits per heavy atom. The number of carboxylic acids is 1. The molecule has 0 saturated heterocycles. The Hall–Kier alpha value is -4.58. The molecule has 4 aromatic rings. The number of nitrogen functional groups attached to an aromatic ring is 1. The number of nitrogens with zero attached hydrogens (tertiary/aromatic N) is 5. The number of Topliss-reactive ketones (excluding diaryl/α,β-unsaturated/α-hetero) is 2. The Labute approximate surface area is 229 Å². The van der Waals surface area contributed by atoms with E-state index in [-0.39, 0.29) is 35.1 Å². The van der Waals surface area contributed by atoms with Gasteiger partial charge in [-0.3, -0.25) is 23.4 Å². The summed E-state index contributed by atoms with van der Waals surface area (Å²) in [5.41, 5.74) is 9.19. The predicted octanol–water partition coefficient (Wildman–Crippen LogP) is 2.39. The number of aryl methyl sites for hydroxylation is 2. The van der Waals surface area contributed by atoms with Crippen LogP contribution in [0.3, 0.4) is 0 Å². The zero-order valence-corrected chi connectivity index (χ0v) is 22.1. The summed E-state index contributed by atoms with van der Waals surface area (Å²) < 4.78 is 10.6. The standard InChI is InChI=1S/C28H30N6O6/c1-32-24-11-17(4-6-22(24)34(28(32)39)23-7-5-20(35)13-25(23)36)3-2-9-40-10-8-33-16-19(15-31-33)18-12-21(27(37)38)26(29)30-14-18/h4,6,11-12,14-16,23H,2-3,5,7-10,13H2,1H3,(H2,29,30)(H,37,38). The zero-order chi connectivity index (χ0) is 28.4. The van der Waals surface area contributed by atoms with Crippen LogP contribution in [0.5, 0.6) is 0 Å². The minimum Gasteiger partial charge on any atom is -0.478 e. The van der Waals surface area contributed by atoms with Crippen LogP contribution < -0.4 is 11.4 Å². The normalized spacial score (nSPS) is 15.7. The molecule has 0 radical (unpaired) electrons. The first-order valence-electron chi connectivity index (χ1n) is 13.1. The van der Waals surface area contributed by atoms with Crippen molar-refractivity contribution in [3.63, 3.8) is 0 Å². The fourth-order valence-corrected chi connectivity index (χ4v) is 5.08. The Morgan fingerprint density at radius 2 is 1.95 bits per heavy atom. The van der Waals surface area contributed by atoms with E-state index in [1.165, 1.54) is 16.8 Å². The lowest BCUT2D eigenvalue weighted by molar-refractivity contribution is -0.132. The van der Waals surface area contributed by atoms with Gasteiger partial charge >= 0.3 is 11.7 Å². The van der Waals surface area contributed by atoms with E-state index < -0.39 is 12.0 Å². The van der Waals surface area contributed by atoms with Gasteiger partial charge in [0.05, 0.1) is 42.8 Å². The van der Waals surface area contributed by atoms with Crippen LogP contribution >= 0.6 is 0 Å². The number of carboxylic acid groups (broad SMARTS) is 1. The van der Waals surface area contributed by atoms with Crippen molar-refractivity contribution in [2.24, 2.45) is 7.05 Å². The van der Waals surface area contributed by atoms with E-state index in [9.17, 15) is 24.3 Å². The van der Waals surface area contributed by atoms with Gasteiger partial charge in [-0.1, -0.05) is 6.07 Å². The summed E-state index contributed by atoms with van der Waals surface area (Å²) >= 11 is 0. The van der Waals surface area contributed by atoms with Crippen LogP contribution in [0.25, 0.3) is 22.2 Å². The highest BCUT2D eigenvalue weighted by molar-refractivity contribution is 6.03. The molecular formula is C28H30N6O6. The molecule has 1 saturated carbocycles. The Kier molecular flexibility index (Phi) is 7.60. The van der Waals surface area contributed by atoms with Crippen molar-refractivity contribution in [3.8, 4) is 11.1 Å². The van der Waals surface area contributed by atoms with Gasteiger partial charge in [0, 0.05) is 43.6 Å². The minimum atomic E-state index is -1.13. The fraction of sp³-hybridized carbons (Fsp3) is 0.357. The molecule has 1 aromatic carbocycles. The van der Waals surface area contributed by atoms with Crippen molar-refractivity contribution < 1.29 is 24.2 Å². The second-order valence-electron chi connectivity index (χ2n) is 9.94. The molecule has 1 aliphatic carbocycles. The number of benzene rings is 1. The van der Waals surface area contributed by atoms with Crippen LogP contribution in [0.1, 0.15) is 47.6 Å². The molecule has 0 bridgehead atoms. The molecule has 0 amide bonds. The van der Waals surface area contributed by atoms with Gasteiger partial charge < -0.3 is 15.6 Å². The molecule has 3 N–H and O–H groups in total. The highest BCUT2D eigenvalue weighted by atomic mass is 16.5. The molecule has 0 spiro atoms. The Morgan fingerprint density at radius 1 is 1.12 bits per heavy atom. The lowest BCUT2D eigenvalue weighted by Gasteiger charge is -2.21. The van der Waals surface area contributed by atoms with Gasteiger partial charge in [0.25, 0.3) is 0 Å². The highest BCUT2D eigenvalue weighted by Crippen LogP contribution is 2.27. The number of carbonyl (C=O) groups excluding carboxylic acids is 2. The molecule has 40 heavy (non-hydrogen) atoms. The van der Waals surface area contributed by atoms with Crippen molar-refractivity contribution >= 4 is 34.4 Å². The molecule has 12 nitrogen and oxygen atoms in total. The molecule has 1 unspecified atom stereocenters. The molecule has 5 rings (SSSR count). The van der Waals surface area contributed by atoms with E-state index in [2.05, 4.69) is 10.1 Å². The number of aromatic carboxylic acids is 1. The molecule has 1 atom stereocenters. The van der Waals surface area contributed by atoms with Crippen molar-refractivity contribution in [1.82, 2.24) is 23.9 Å². The van der Waals surface area contributed by atoms with E-state index in [0.29, 0.717) is 43.7 Å². The number of imidazole rings is 1. The number of pyridine rings is 1. The van der Waals surface area contributed by atoms with Gasteiger partial charge in [-0.05, 0) is 43.0 Å².